The minimum absolute atomic E-state index is 0.657. The molecule has 0 aliphatic carbocycles. The summed E-state index contributed by atoms with van der Waals surface area (Å²) in [6.45, 7) is 5.79. The van der Waals surface area contributed by atoms with Crippen LogP contribution >= 0.6 is 0 Å². The number of rotatable bonds is 2. The molecule has 1 aliphatic rings. The lowest BCUT2D eigenvalue weighted by Crippen LogP contribution is -2.32. The molecule has 0 amide bonds. The first-order valence-electron chi connectivity index (χ1n) is 8.16. The number of carbonyl (C=O) groups is 2. The van der Waals surface area contributed by atoms with Crippen LogP contribution in [0.3, 0.4) is 0 Å². The number of carboxylic acid groups (broad SMARTS) is 2. The molecule has 25 heavy (non-hydrogen) atoms. The number of carboxylic acids is 2. The normalized spacial score (nSPS) is 15.2. The van der Waals surface area contributed by atoms with E-state index in [-0.39, 0.29) is 0 Å². The van der Waals surface area contributed by atoms with Gasteiger partial charge in [0.1, 0.15) is 0 Å². The van der Waals surface area contributed by atoms with Gasteiger partial charge in [0.05, 0.1) is 11.6 Å². The number of hydrogen-bond acceptors (Lipinski definition) is 4. The molecule has 2 aromatic rings. The zero-order valence-corrected chi connectivity index (χ0v) is 14.0. The van der Waals surface area contributed by atoms with Gasteiger partial charge < -0.3 is 20.1 Å². The third-order valence-corrected chi connectivity index (χ3v) is 4.50. The van der Waals surface area contributed by atoms with Crippen LogP contribution in [0, 0.1) is 11.3 Å². The van der Waals surface area contributed by atoms with E-state index in [1.807, 2.05) is 12.1 Å². The number of H-pyrrole nitrogens is 1. The summed E-state index contributed by atoms with van der Waals surface area (Å²) >= 11 is 0. The number of aliphatic carboxylic acids is 2. The summed E-state index contributed by atoms with van der Waals surface area (Å²) in [5, 5.41) is 25.0. The van der Waals surface area contributed by atoms with Crippen molar-refractivity contribution in [2.75, 3.05) is 19.6 Å². The smallest absolute Gasteiger partial charge is 0.414 e. The second kappa shape index (κ2) is 8.31. The standard InChI is InChI=1S/C16H19N3.C2H2O4/c1-2-19-7-5-13(6-8-19)15-11-18-16-9-12(10-17)3-4-14(15)16;3-1(4)2(5)6/h3-4,9,11,13,18H,2,5-8H2,1H3;(H,3,4)(H,5,6). The predicted octanol–water partition coefficient (Wildman–Crippen LogP) is 2.39. The van der Waals surface area contributed by atoms with Crippen LogP contribution in [-0.4, -0.2) is 51.7 Å². The van der Waals surface area contributed by atoms with E-state index in [4.69, 9.17) is 25.1 Å². The van der Waals surface area contributed by atoms with Crippen LogP contribution in [-0.2, 0) is 9.59 Å². The monoisotopic (exact) mass is 343 g/mol. The van der Waals surface area contributed by atoms with Crippen LogP contribution in [0.15, 0.2) is 24.4 Å². The molecule has 0 unspecified atom stereocenters. The van der Waals surface area contributed by atoms with Crippen molar-refractivity contribution in [2.24, 2.45) is 0 Å². The molecule has 1 aromatic heterocycles. The maximum absolute atomic E-state index is 9.10. The van der Waals surface area contributed by atoms with Crippen molar-refractivity contribution >= 4 is 22.8 Å². The van der Waals surface area contributed by atoms with Gasteiger partial charge in [0, 0.05) is 17.1 Å². The van der Waals surface area contributed by atoms with Crippen LogP contribution in [0.2, 0.25) is 0 Å². The summed E-state index contributed by atoms with van der Waals surface area (Å²) in [6, 6.07) is 8.15. The van der Waals surface area contributed by atoms with Crippen LogP contribution in [0.4, 0.5) is 0 Å². The number of hydrogen-bond donors (Lipinski definition) is 3. The number of nitrogens with zero attached hydrogens (tertiary/aromatic N) is 2. The first kappa shape index (κ1) is 18.5. The summed E-state index contributed by atoms with van der Waals surface area (Å²) in [5.74, 6) is -2.99. The van der Waals surface area contributed by atoms with Crippen LogP contribution in [0.25, 0.3) is 10.9 Å². The second-order valence-electron chi connectivity index (χ2n) is 5.94. The highest BCUT2D eigenvalue weighted by Crippen LogP contribution is 2.33. The van der Waals surface area contributed by atoms with Crippen molar-refractivity contribution in [3.05, 3.63) is 35.5 Å². The van der Waals surface area contributed by atoms with Crippen molar-refractivity contribution in [3.63, 3.8) is 0 Å². The fraction of sp³-hybridized carbons (Fsp3) is 0.389. The number of fused-ring (bicyclic) bond motifs is 1. The molecule has 3 N–H and O–H groups in total. The minimum atomic E-state index is -1.82. The lowest BCUT2D eigenvalue weighted by molar-refractivity contribution is -0.159. The van der Waals surface area contributed by atoms with Crippen molar-refractivity contribution in [1.82, 2.24) is 9.88 Å². The lowest BCUT2D eigenvalue weighted by atomic mass is 9.89. The molecule has 132 valence electrons. The molecule has 1 aromatic carbocycles. The molecule has 2 heterocycles. The quantitative estimate of drug-likeness (QED) is 0.721. The Labute approximate surface area is 145 Å². The van der Waals surface area contributed by atoms with Gasteiger partial charge in [-0.3, -0.25) is 0 Å². The van der Waals surface area contributed by atoms with E-state index in [0.29, 0.717) is 5.92 Å². The Balaban J connectivity index is 0.000000326. The molecule has 1 fully saturated rings. The summed E-state index contributed by atoms with van der Waals surface area (Å²) < 4.78 is 0. The Morgan fingerprint density at radius 1 is 1.28 bits per heavy atom. The van der Waals surface area contributed by atoms with E-state index < -0.39 is 11.9 Å². The Morgan fingerprint density at radius 2 is 1.92 bits per heavy atom. The predicted molar refractivity (Wildman–Crippen MR) is 92.4 cm³/mol. The van der Waals surface area contributed by atoms with Crippen LogP contribution in [0.1, 0.15) is 36.8 Å². The highest BCUT2D eigenvalue weighted by Gasteiger charge is 2.21. The first-order chi connectivity index (χ1) is 12.0. The highest BCUT2D eigenvalue weighted by atomic mass is 16.4. The summed E-state index contributed by atoms with van der Waals surface area (Å²) in [7, 11) is 0. The van der Waals surface area contributed by atoms with E-state index in [9.17, 15) is 0 Å². The molecular formula is C18H21N3O4. The first-order valence-corrected chi connectivity index (χ1v) is 8.16. The maximum Gasteiger partial charge on any atom is 0.414 e. The van der Waals surface area contributed by atoms with Gasteiger partial charge in [0.15, 0.2) is 0 Å². The number of aromatic nitrogens is 1. The van der Waals surface area contributed by atoms with Gasteiger partial charge in [0.25, 0.3) is 0 Å². The number of likely N-dealkylation sites (tertiary alicyclic amines) is 1. The van der Waals surface area contributed by atoms with Gasteiger partial charge in [-0.15, -0.1) is 0 Å². The van der Waals surface area contributed by atoms with Crippen molar-refractivity contribution in [3.8, 4) is 6.07 Å². The van der Waals surface area contributed by atoms with Crippen molar-refractivity contribution in [1.29, 1.82) is 5.26 Å². The molecule has 0 spiro atoms. The fourth-order valence-corrected chi connectivity index (χ4v) is 3.12. The number of piperidine rings is 1. The third kappa shape index (κ3) is 4.58. The average Bonchev–Trinajstić information content (AvgIpc) is 3.05. The van der Waals surface area contributed by atoms with Gasteiger partial charge in [-0.2, -0.15) is 5.26 Å². The van der Waals surface area contributed by atoms with Gasteiger partial charge in [-0.05, 0) is 56.1 Å². The highest BCUT2D eigenvalue weighted by molar-refractivity contribution is 6.27. The third-order valence-electron chi connectivity index (χ3n) is 4.50. The Morgan fingerprint density at radius 3 is 2.44 bits per heavy atom. The molecule has 0 radical (unpaired) electrons. The zero-order valence-electron chi connectivity index (χ0n) is 14.0. The van der Waals surface area contributed by atoms with E-state index in [0.717, 1.165) is 17.6 Å². The Bertz CT molecular complexity index is 786. The molecule has 1 aliphatic heterocycles. The van der Waals surface area contributed by atoms with E-state index in [1.165, 1.54) is 36.9 Å². The van der Waals surface area contributed by atoms with Gasteiger partial charge >= 0.3 is 11.9 Å². The van der Waals surface area contributed by atoms with E-state index in [2.05, 4.69) is 35.1 Å². The maximum atomic E-state index is 9.10. The molecule has 7 heteroatoms. The molecule has 0 saturated carbocycles. The Kier molecular flexibility index (Phi) is 6.14. The van der Waals surface area contributed by atoms with Crippen LogP contribution < -0.4 is 0 Å². The molecule has 7 nitrogen and oxygen atoms in total. The zero-order chi connectivity index (χ0) is 18.4. The van der Waals surface area contributed by atoms with Crippen molar-refractivity contribution < 1.29 is 19.8 Å². The number of aromatic amines is 1. The number of benzene rings is 1. The fourth-order valence-electron chi connectivity index (χ4n) is 3.12. The van der Waals surface area contributed by atoms with Crippen molar-refractivity contribution in [2.45, 2.75) is 25.7 Å². The SMILES string of the molecule is CCN1CCC(c2c[nH]c3cc(C#N)ccc23)CC1.O=C(O)C(=O)O. The average molecular weight is 343 g/mol. The van der Waals surface area contributed by atoms with Gasteiger partial charge in [-0.25, -0.2) is 9.59 Å². The summed E-state index contributed by atoms with van der Waals surface area (Å²) in [4.78, 5) is 24.0. The topological polar surface area (TPSA) is 117 Å². The molecule has 0 atom stereocenters. The summed E-state index contributed by atoms with van der Waals surface area (Å²) in [6.07, 6.45) is 4.61. The van der Waals surface area contributed by atoms with E-state index >= 15 is 0 Å². The second-order valence-corrected chi connectivity index (χ2v) is 5.94. The molecule has 0 bridgehead atoms. The molecular weight excluding hydrogens is 322 g/mol. The summed E-state index contributed by atoms with van der Waals surface area (Å²) in [5.41, 5.74) is 3.24. The lowest BCUT2D eigenvalue weighted by Gasteiger charge is -2.30. The number of nitrogens with one attached hydrogen (secondary N) is 1. The molecule has 3 rings (SSSR count). The molecule has 1 saturated heterocycles. The van der Waals surface area contributed by atoms with E-state index in [1.54, 1.807) is 0 Å². The Hall–Kier alpha value is -2.85. The minimum Gasteiger partial charge on any atom is -0.473 e. The van der Waals surface area contributed by atoms with Gasteiger partial charge in [-0.1, -0.05) is 13.0 Å². The van der Waals surface area contributed by atoms with Crippen LogP contribution in [0.5, 0.6) is 0 Å². The largest absolute Gasteiger partial charge is 0.473 e. The number of nitriles is 1. The van der Waals surface area contributed by atoms with Gasteiger partial charge in [0.2, 0.25) is 0 Å².